The number of nitrogens with zero attached hydrogens (tertiary/aromatic N) is 2. The lowest BCUT2D eigenvalue weighted by molar-refractivity contribution is -0.137. The molecule has 2 amide bonds. The monoisotopic (exact) mass is 235 g/mol. The molecule has 90 valence electrons. The summed E-state index contributed by atoms with van der Waals surface area (Å²) in [6, 6.07) is 2.72. The molecule has 6 nitrogen and oxygen atoms in total. The SMILES string of the molecule is CN1C(=O)CC(NCc2ccc(O)cn2)C1=O. The van der Waals surface area contributed by atoms with Crippen molar-refractivity contribution in [2.45, 2.75) is 19.0 Å². The summed E-state index contributed by atoms with van der Waals surface area (Å²) in [6.07, 6.45) is 1.53. The van der Waals surface area contributed by atoms with Gasteiger partial charge in [0.15, 0.2) is 0 Å². The lowest BCUT2D eigenvalue weighted by Crippen LogP contribution is -2.36. The second-order valence-electron chi connectivity index (χ2n) is 3.94. The van der Waals surface area contributed by atoms with Gasteiger partial charge in [-0.3, -0.25) is 24.8 Å². The number of carbonyl (C=O) groups is 2. The minimum absolute atomic E-state index is 0.0978. The molecule has 1 fully saturated rings. The van der Waals surface area contributed by atoms with Crippen molar-refractivity contribution in [1.29, 1.82) is 0 Å². The molecule has 0 aromatic carbocycles. The van der Waals surface area contributed by atoms with E-state index in [2.05, 4.69) is 10.3 Å². The Kier molecular flexibility index (Phi) is 3.06. The molecule has 0 bridgehead atoms. The lowest BCUT2D eigenvalue weighted by atomic mass is 10.2. The molecule has 1 aromatic rings. The van der Waals surface area contributed by atoms with Gasteiger partial charge in [0.25, 0.3) is 0 Å². The highest BCUT2D eigenvalue weighted by Crippen LogP contribution is 2.11. The molecule has 0 saturated carbocycles. The second-order valence-corrected chi connectivity index (χ2v) is 3.94. The smallest absolute Gasteiger partial charge is 0.246 e. The molecule has 2 rings (SSSR count). The van der Waals surface area contributed by atoms with Crippen LogP contribution < -0.4 is 5.32 Å². The van der Waals surface area contributed by atoms with Crippen LogP contribution in [0.4, 0.5) is 0 Å². The normalized spacial score (nSPS) is 20.1. The first-order chi connectivity index (χ1) is 8.08. The number of rotatable bonds is 3. The van der Waals surface area contributed by atoms with E-state index in [1.54, 1.807) is 6.07 Å². The molecule has 1 aliphatic rings. The number of amides is 2. The molecule has 2 heterocycles. The number of nitrogens with one attached hydrogen (secondary N) is 1. The number of likely N-dealkylation sites (N-methyl/N-ethyl adjacent to an activating group) is 1. The highest BCUT2D eigenvalue weighted by molar-refractivity contribution is 6.05. The fourth-order valence-electron chi connectivity index (χ4n) is 1.66. The van der Waals surface area contributed by atoms with Crippen molar-refractivity contribution in [1.82, 2.24) is 15.2 Å². The molecule has 1 unspecified atom stereocenters. The third kappa shape index (κ3) is 2.42. The van der Waals surface area contributed by atoms with E-state index in [4.69, 9.17) is 5.11 Å². The summed E-state index contributed by atoms with van der Waals surface area (Å²) in [5.41, 5.74) is 0.706. The van der Waals surface area contributed by atoms with Crippen LogP contribution in [0.3, 0.4) is 0 Å². The first kappa shape index (κ1) is 11.5. The fraction of sp³-hybridized carbons (Fsp3) is 0.364. The largest absolute Gasteiger partial charge is 0.506 e. The van der Waals surface area contributed by atoms with Crippen LogP contribution in [0, 0.1) is 0 Å². The van der Waals surface area contributed by atoms with Crippen molar-refractivity contribution in [2.75, 3.05) is 7.05 Å². The molecule has 0 radical (unpaired) electrons. The number of hydrogen-bond acceptors (Lipinski definition) is 5. The van der Waals surface area contributed by atoms with Crippen molar-refractivity contribution in [3.8, 4) is 5.75 Å². The van der Waals surface area contributed by atoms with Gasteiger partial charge in [0.2, 0.25) is 11.8 Å². The topological polar surface area (TPSA) is 82.5 Å². The van der Waals surface area contributed by atoms with Crippen LogP contribution in [0.2, 0.25) is 0 Å². The van der Waals surface area contributed by atoms with Crippen molar-refractivity contribution in [3.05, 3.63) is 24.0 Å². The predicted octanol–water partition coefficient (Wildman–Crippen LogP) is -0.366. The van der Waals surface area contributed by atoms with Crippen molar-refractivity contribution < 1.29 is 14.7 Å². The van der Waals surface area contributed by atoms with E-state index in [1.165, 1.54) is 19.3 Å². The zero-order chi connectivity index (χ0) is 12.4. The summed E-state index contributed by atoms with van der Waals surface area (Å²) in [7, 11) is 1.48. The number of pyridine rings is 1. The molecule has 1 aliphatic heterocycles. The average molecular weight is 235 g/mol. The van der Waals surface area contributed by atoms with Crippen LogP contribution >= 0.6 is 0 Å². The maximum absolute atomic E-state index is 11.6. The number of aromatic nitrogens is 1. The summed E-state index contributed by atoms with van der Waals surface area (Å²) < 4.78 is 0. The summed E-state index contributed by atoms with van der Waals surface area (Å²) >= 11 is 0. The fourth-order valence-corrected chi connectivity index (χ4v) is 1.66. The highest BCUT2D eigenvalue weighted by atomic mass is 16.3. The summed E-state index contributed by atoms with van der Waals surface area (Å²) in [4.78, 5) is 27.9. The Hall–Kier alpha value is -1.95. The summed E-state index contributed by atoms with van der Waals surface area (Å²) in [5.74, 6) is -0.291. The second kappa shape index (κ2) is 4.50. The van der Waals surface area contributed by atoms with Crippen molar-refractivity contribution >= 4 is 11.8 Å². The zero-order valence-corrected chi connectivity index (χ0v) is 9.38. The van der Waals surface area contributed by atoms with Gasteiger partial charge in [-0.05, 0) is 12.1 Å². The maximum atomic E-state index is 11.6. The molecule has 1 aromatic heterocycles. The van der Waals surface area contributed by atoms with E-state index >= 15 is 0 Å². The molecule has 1 atom stereocenters. The van der Waals surface area contributed by atoms with Gasteiger partial charge in [-0.25, -0.2) is 0 Å². The standard InChI is InChI=1S/C11H13N3O3/c1-14-10(16)4-9(11(14)17)13-5-7-2-3-8(15)6-12-7/h2-3,6,9,13,15H,4-5H2,1H3. The number of imide groups is 1. The molecule has 1 saturated heterocycles. The van der Waals surface area contributed by atoms with Gasteiger partial charge in [0.05, 0.1) is 24.4 Å². The number of likely N-dealkylation sites (tertiary alicyclic amines) is 1. The van der Waals surface area contributed by atoms with Gasteiger partial charge in [-0.15, -0.1) is 0 Å². The Morgan fingerprint density at radius 1 is 1.53 bits per heavy atom. The predicted molar refractivity (Wildman–Crippen MR) is 58.9 cm³/mol. The Bertz CT molecular complexity index is 444. The zero-order valence-electron chi connectivity index (χ0n) is 9.38. The molecular weight excluding hydrogens is 222 g/mol. The van der Waals surface area contributed by atoms with E-state index in [1.807, 2.05) is 0 Å². The van der Waals surface area contributed by atoms with Crippen LogP contribution in [0.1, 0.15) is 12.1 Å². The van der Waals surface area contributed by atoms with Gasteiger partial charge < -0.3 is 5.11 Å². The molecule has 0 aliphatic carbocycles. The van der Waals surface area contributed by atoms with E-state index in [0.717, 1.165) is 4.90 Å². The van der Waals surface area contributed by atoms with E-state index in [0.29, 0.717) is 12.2 Å². The Morgan fingerprint density at radius 2 is 2.29 bits per heavy atom. The Balaban J connectivity index is 1.93. The molecule has 2 N–H and O–H groups in total. The quantitative estimate of drug-likeness (QED) is 0.699. The number of aromatic hydroxyl groups is 1. The molecule has 6 heteroatoms. The van der Waals surface area contributed by atoms with Gasteiger partial charge in [0.1, 0.15) is 5.75 Å². The van der Waals surface area contributed by atoms with Crippen LogP contribution in [-0.2, 0) is 16.1 Å². The van der Waals surface area contributed by atoms with Crippen molar-refractivity contribution in [3.63, 3.8) is 0 Å². The van der Waals surface area contributed by atoms with Crippen LogP contribution in [0.5, 0.6) is 5.75 Å². The first-order valence-corrected chi connectivity index (χ1v) is 5.25. The van der Waals surface area contributed by atoms with Crippen LogP contribution in [0.15, 0.2) is 18.3 Å². The lowest BCUT2D eigenvalue weighted by Gasteiger charge is -2.10. The molecule has 0 spiro atoms. The summed E-state index contributed by atoms with van der Waals surface area (Å²) in [6.45, 7) is 0.387. The maximum Gasteiger partial charge on any atom is 0.246 e. The Morgan fingerprint density at radius 3 is 2.82 bits per heavy atom. The molecular formula is C11H13N3O3. The Labute approximate surface area is 98.3 Å². The van der Waals surface area contributed by atoms with Gasteiger partial charge in [-0.2, -0.15) is 0 Å². The minimum atomic E-state index is -0.469. The van der Waals surface area contributed by atoms with E-state index < -0.39 is 6.04 Å². The van der Waals surface area contributed by atoms with Gasteiger partial charge in [-0.1, -0.05) is 0 Å². The number of hydrogen-bond donors (Lipinski definition) is 2. The van der Waals surface area contributed by atoms with Crippen LogP contribution in [-0.4, -0.2) is 39.9 Å². The highest BCUT2D eigenvalue weighted by Gasteiger charge is 2.35. The third-order valence-electron chi connectivity index (χ3n) is 2.72. The third-order valence-corrected chi connectivity index (χ3v) is 2.72. The van der Waals surface area contributed by atoms with Gasteiger partial charge >= 0.3 is 0 Å². The molecule has 17 heavy (non-hydrogen) atoms. The van der Waals surface area contributed by atoms with E-state index in [9.17, 15) is 9.59 Å². The number of carbonyl (C=O) groups excluding carboxylic acids is 2. The van der Waals surface area contributed by atoms with E-state index in [-0.39, 0.29) is 24.0 Å². The van der Waals surface area contributed by atoms with Crippen molar-refractivity contribution in [2.24, 2.45) is 0 Å². The average Bonchev–Trinajstić information content (AvgIpc) is 2.56. The minimum Gasteiger partial charge on any atom is -0.506 e. The summed E-state index contributed by atoms with van der Waals surface area (Å²) in [5, 5.41) is 12.0. The first-order valence-electron chi connectivity index (χ1n) is 5.25. The van der Waals surface area contributed by atoms with Crippen LogP contribution in [0.25, 0.3) is 0 Å². The van der Waals surface area contributed by atoms with Gasteiger partial charge in [0, 0.05) is 13.6 Å².